The lowest BCUT2D eigenvalue weighted by Gasteiger charge is -2.48. The molecule has 8 aliphatic heterocycles. The van der Waals surface area contributed by atoms with Crippen LogP contribution in [0.15, 0.2) is 0 Å². The van der Waals surface area contributed by atoms with E-state index >= 15 is 0 Å². The van der Waals surface area contributed by atoms with Crippen LogP contribution < -0.4 is 0 Å². The highest BCUT2D eigenvalue weighted by Gasteiger charge is 2.60. The Hall–Kier alpha value is -1.41. The Bertz CT molecular complexity index is 1540. The first-order valence-electron chi connectivity index (χ1n) is 20.8. The molecule has 0 aromatic carbocycles. The zero-order valence-electron chi connectivity index (χ0n) is 33.5. The van der Waals surface area contributed by atoms with Crippen LogP contribution in [0, 0.1) is 0 Å². The average Bonchev–Trinajstić information content (AvgIpc) is 3.88. The van der Waals surface area contributed by atoms with Gasteiger partial charge in [0.05, 0.1) is 39.6 Å². The maximum atomic E-state index is 11.5. The molecule has 0 radical (unpaired) electrons. The fourth-order valence-electron chi connectivity index (χ4n) is 9.15. The topological polar surface area (TPSA) is 420 Å². The third-order valence-corrected chi connectivity index (χ3v) is 12.7. The fraction of sp³-hybridized carbons (Fsp3) is 0.972. The molecule has 8 fully saturated rings. The summed E-state index contributed by atoms with van der Waals surface area (Å²) in [5.41, 5.74) is 0. The van der Waals surface area contributed by atoms with Crippen molar-refractivity contribution in [3.05, 3.63) is 0 Å². The van der Waals surface area contributed by atoms with Crippen molar-refractivity contribution in [3.8, 4) is 0 Å². The third-order valence-electron chi connectivity index (χ3n) is 12.7. The van der Waals surface area contributed by atoms with Crippen LogP contribution in [0.25, 0.3) is 0 Å². The van der Waals surface area contributed by atoms with Gasteiger partial charge >= 0.3 is 0 Å². The molecule has 0 amide bonds. The standard InChI is InChI=1S/C36H56O28/c37-1-8(41)15(43)24(9(42)2-38)60-35-22(50)30-25(13(58-35)6-53-30)61-34-21(49)29(17(45)11(4-40)56-34)64-36-23(51)31-26(14(59-36)7-54-31)62-33-20(48)28(16(44)10(3-39)55-33)63-32-19(47)27-18(46)12(57-32)5-52-27/h2,8-37,39-51H,1,3-7H2/t8?,9-,10?,11?,12?,13?,14?,15?,16?,17?,18?,19?,20?,21?,22?,23?,24?,25?,26?,27?,28?,29?,30?,31?,32?,33?,34?,35?,36?/m1/s1. The monoisotopic (exact) mass is 936 g/mol. The summed E-state index contributed by atoms with van der Waals surface area (Å²) < 4.78 is 74.5. The minimum Gasteiger partial charge on any atom is -0.394 e. The fourth-order valence-corrected chi connectivity index (χ4v) is 9.15. The predicted molar refractivity (Wildman–Crippen MR) is 190 cm³/mol. The van der Waals surface area contributed by atoms with Crippen molar-refractivity contribution in [1.29, 1.82) is 0 Å². The number of hydrogen-bond donors (Lipinski definition) is 14. The quantitative estimate of drug-likeness (QED) is 0.0602. The molecule has 0 aliphatic carbocycles. The van der Waals surface area contributed by atoms with Gasteiger partial charge in [0, 0.05) is 0 Å². The van der Waals surface area contributed by atoms with E-state index in [4.69, 9.17) is 61.6 Å². The summed E-state index contributed by atoms with van der Waals surface area (Å²) in [6, 6.07) is 0. The summed E-state index contributed by atoms with van der Waals surface area (Å²) in [7, 11) is 0. The molecule has 0 spiro atoms. The number of aliphatic hydroxyl groups is 14. The summed E-state index contributed by atoms with van der Waals surface area (Å²) in [5.74, 6) is 0. The Morgan fingerprint density at radius 3 is 1.38 bits per heavy atom. The van der Waals surface area contributed by atoms with Gasteiger partial charge in [0.25, 0.3) is 0 Å². The summed E-state index contributed by atoms with van der Waals surface area (Å²) in [4.78, 5) is 11.3. The number of carbonyl (C=O) groups excluding carboxylic acids is 1. The molecule has 368 valence electrons. The molecule has 6 bridgehead atoms. The number of ether oxygens (including phenoxy) is 13. The number of hydrogen-bond acceptors (Lipinski definition) is 28. The van der Waals surface area contributed by atoms with Crippen molar-refractivity contribution in [1.82, 2.24) is 0 Å². The van der Waals surface area contributed by atoms with E-state index in [1.165, 1.54) is 0 Å². The molecule has 28 nitrogen and oxygen atoms in total. The molecule has 28 heteroatoms. The Morgan fingerprint density at radius 1 is 0.484 bits per heavy atom. The van der Waals surface area contributed by atoms with E-state index in [0.29, 0.717) is 0 Å². The lowest BCUT2D eigenvalue weighted by molar-refractivity contribution is -0.379. The number of aliphatic hydroxyl groups excluding tert-OH is 14. The molecule has 8 heterocycles. The van der Waals surface area contributed by atoms with Gasteiger partial charge in [0.1, 0.15) is 146 Å². The second kappa shape index (κ2) is 20.3. The Kier molecular flexibility index (Phi) is 15.5. The van der Waals surface area contributed by atoms with Crippen LogP contribution in [0.3, 0.4) is 0 Å². The van der Waals surface area contributed by atoms with Gasteiger partial charge in [-0.25, -0.2) is 0 Å². The van der Waals surface area contributed by atoms with Gasteiger partial charge in [-0.2, -0.15) is 0 Å². The maximum absolute atomic E-state index is 11.5. The summed E-state index contributed by atoms with van der Waals surface area (Å²) in [5, 5.41) is 148. The van der Waals surface area contributed by atoms with Crippen LogP contribution in [0.2, 0.25) is 0 Å². The molecule has 29 atom stereocenters. The summed E-state index contributed by atoms with van der Waals surface area (Å²) >= 11 is 0. The molecule has 8 rings (SSSR count). The predicted octanol–water partition coefficient (Wildman–Crippen LogP) is -11.1. The SMILES string of the molecule is O=C[C@@H](O)C(OC1OC2COC(C1O)C2OC1OC(CO)C(O)C(OC2OC3COC(C2O)C3OC2OC(CO)C(O)C(OC3OC4COC(C4O)C3O)C2O)C1O)C(O)C(O)CO. The number of aldehydes is 1. The van der Waals surface area contributed by atoms with E-state index in [9.17, 15) is 76.3 Å². The van der Waals surface area contributed by atoms with Gasteiger partial charge in [-0.15, -0.1) is 0 Å². The highest BCUT2D eigenvalue weighted by molar-refractivity contribution is 5.56. The molecule has 0 saturated carbocycles. The lowest BCUT2D eigenvalue weighted by Crippen LogP contribution is -2.66. The van der Waals surface area contributed by atoms with E-state index < -0.39 is 198 Å². The normalized spacial score (nSPS) is 52.0. The molecule has 0 aromatic rings. The van der Waals surface area contributed by atoms with E-state index in [1.54, 1.807) is 0 Å². The van der Waals surface area contributed by atoms with Crippen molar-refractivity contribution in [2.45, 2.75) is 178 Å². The number of rotatable bonds is 17. The van der Waals surface area contributed by atoms with Crippen LogP contribution in [-0.2, 0) is 66.4 Å². The van der Waals surface area contributed by atoms with Gasteiger partial charge in [0.2, 0.25) is 0 Å². The first-order valence-corrected chi connectivity index (χ1v) is 20.8. The largest absolute Gasteiger partial charge is 0.394 e. The Balaban J connectivity index is 0.902. The zero-order chi connectivity index (χ0) is 45.9. The van der Waals surface area contributed by atoms with Crippen molar-refractivity contribution >= 4 is 6.29 Å². The highest BCUT2D eigenvalue weighted by atomic mass is 16.8. The highest BCUT2D eigenvalue weighted by Crippen LogP contribution is 2.40. The van der Waals surface area contributed by atoms with Crippen molar-refractivity contribution in [3.63, 3.8) is 0 Å². The molecule has 64 heavy (non-hydrogen) atoms. The lowest BCUT2D eigenvalue weighted by atomic mass is 9.96. The van der Waals surface area contributed by atoms with Gasteiger partial charge in [-0.1, -0.05) is 0 Å². The minimum absolute atomic E-state index is 0.00316. The molecular formula is C36H56O28. The van der Waals surface area contributed by atoms with Gasteiger partial charge in [-0.3, -0.25) is 0 Å². The van der Waals surface area contributed by atoms with Crippen LogP contribution in [-0.4, -0.2) is 295 Å². The number of fused-ring (bicyclic) bond motifs is 6. The van der Waals surface area contributed by atoms with Crippen LogP contribution in [0.4, 0.5) is 0 Å². The summed E-state index contributed by atoms with van der Waals surface area (Å²) in [6.07, 6.45) is -44.7. The smallest absolute Gasteiger partial charge is 0.187 e. The second-order valence-corrected chi connectivity index (χ2v) is 16.8. The van der Waals surface area contributed by atoms with E-state index in [1.807, 2.05) is 0 Å². The van der Waals surface area contributed by atoms with E-state index in [0.717, 1.165) is 0 Å². The minimum atomic E-state index is -2.03. The molecule has 14 N–H and O–H groups in total. The van der Waals surface area contributed by atoms with Crippen molar-refractivity contribution in [2.24, 2.45) is 0 Å². The van der Waals surface area contributed by atoms with Crippen molar-refractivity contribution in [2.75, 3.05) is 39.6 Å². The van der Waals surface area contributed by atoms with Crippen LogP contribution >= 0.6 is 0 Å². The second-order valence-electron chi connectivity index (χ2n) is 16.8. The third kappa shape index (κ3) is 9.12. The molecular weight excluding hydrogens is 880 g/mol. The Labute approximate surface area is 361 Å². The van der Waals surface area contributed by atoms with Gasteiger partial charge < -0.3 is 138 Å². The van der Waals surface area contributed by atoms with Crippen molar-refractivity contribution < 1.29 is 138 Å². The summed E-state index contributed by atoms with van der Waals surface area (Å²) in [6.45, 7) is -3.08. The molecule has 28 unspecified atom stereocenters. The maximum Gasteiger partial charge on any atom is 0.187 e. The molecule has 8 saturated heterocycles. The average molecular weight is 937 g/mol. The van der Waals surface area contributed by atoms with Gasteiger partial charge in [-0.05, 0) is 0 Å². The van der Waals surface area contributed by atoms with Gasteiger partial charge in [0.15, 0.2) is 37.7 Å². The first kappa shape index (κ1) is 49.0. The van der Waals surface area contributed by atoms with E-state index in [-0.39, 0.29) is 26.1 Å². The Morgan fingerprint density at radius 2 is 0.891 bits per heavy atom. The molecule has 8 aliphatic rings. The van der Waals surface area contributed by atoms with Crippen LogP contribution in [0.1, 0.15) is 0 Å². The zero-order valence-corrected chi connectivity index (χ0v) is 33.5. The number of carbonyl (C=O) groups is 1. The molecule has 0 aromatic heterocycles. The van der Waals surface area contributed by atoms with E-state index in [2.05, 4.69) is 0 Å². The first-order chi connectivity index (χ1) is 30.6. The van der Waals surface area contributed by atoms with Crippen LogP contribution in [0.5, 0.6) is 0 Å².